The molecule has 1 aromatic rings. The molecule has 1 heterocycles. The highest BCUT2D eigenvalue weighted by Gasteiger charge is 2.05. The van der Waals surface area contributed by atoms with Gasteiger partial charge in [-0.1, -0.05) is 23.2 Å². The number of nitrogens with two attached hydrogens (primary N) is 1. The zero-order chi connectivity index (χ0) is 11.4. The van der Waals surface area contributed by atoms with Crippen LogP contribution in [0.5, 0.6) is 0 Å². The van der Waals surface area contributed by atoms with Gasteiger partial charge in [-0.25, -0.2) is 4.99 Å². The van der Waals surface area contributed by atoms with E-state index in [2.05, 4.69) is 10.3 Å². The molecule has 0 unspecified atom stereocenters. The SMILES string of the molecule is CC(C)NC(N)=NCc1cc(Cl)sc1Cl. The summed E-state index contributed by atoms with van der Waals surface area (Å²) in [5, 5.41) is 2.99. The molecular formula is C9H13Cl2N3S. The van der Waals surface area contributed by atoms with Gasteiger partial charge in [-0.3, -0.25) is 0 Å². The van der Waals surface area contributed by atoms with Gasteiger partial charge in [0.2, 0.25) is 0 Å². The lowest BCUT2D eigenvalue weighted by molar-refractivity contribution is 0.723. The largest absolute Gasteiger partial charge is 0.370 e. The van der Waals surface area contributed by atoms with Gasteiger partial charge >= 0.3 is 0 Å². The third-order valence-corrected chi connectivity index (χ3v) is 3.15. The van der Waals surface area contributed by atoms with Crippen LogP contribution in [-0.4, -0.2) is 12.0 Å². The first-order chi connectivity index (χ1) is 6.99. The number of guanidine groups is 1. The molecule has 0 saturated heterocycles. The fourth-order valence-electron chi connectivity index (χ4n) is 0.994. The Morgan fingerprint density at radius 1 is 1.60 bits per heavy atom. The molecular weight excluding hydrogens is 253 g/mol. The summed E-state index contributed by atoms with van der Waals surface area (Å²) in [6.45, 7) is 4.45. The third kappa shape index (κ3) is 4.28. The van der Waals surface area contributed by atoms with Gasteiger partial charge < -0.3 is 11.1 Å². The van der Waals surface area contributed by atoms with E-state index in [1.165, 1.54) is 11.3 Å². The second-order valence-electron chi connectivity index (χ2n) is 3.35. The molecule has 0 aliphatic rings. The van der Waals surface area contributed by atoms with Crippen molar-refractivity contribution in [3.63, 3.8) is 0 Å². The Morgan fingerprint density at radius 2 is 2.27 bits per heavy atom. The lowest BCUT2D eigenvalue weighted by Gasteiger charge is -2.07. The fourth-order valence-corrected chi connectivity index (χ4v) is 2.47. The number of hydrogen-bond donors (Lipinski definition) is 2. The molecule has 15 heavy (non-hydrogen) atoms. The highest BCUT2D eigenvalue weighted by Crippen LogP contribution is 2.31. The van der Waals surface area contributed by atoms with Crippen LogP contribution in [0.2, 0.25) is 8.67 Å². The van der Waals surface area contributed by atoms with Crippen LogP contribution in [0, 0.1) is 0 Å². The van der Waals surface area contributed by atoms with E-state index in [0.29, 0.717) is 21.2 Å². The van der Waals surface area contributed by atoms with Gasteiger partial charge in [0.05, 0.1) is 15.2 Å². The molecule has 0 radical (unpaired) electrons. The first kappa shape index (κ1) is 12.6. The lowest BCUT2D eigenvalue weighted by Crippen LogP contribution is -2.36. The summed E-state index contributed by atoms with van der Waals surface area (Å²) < 4.78 is 1.33. The minimum Gasteiger partial charge on any atom is -0.370 e. The van der Waals surface area contributed by atoms with E-state index >= 15 is 0 Å². The Kier molecular flexibility index (Phi) is 4.70. The molecule has 6 heteroatoms. The molecule has 0 atom stereocenters. The average Bonchev–Trinajstić information content (AvgIpc) is 2.40. The Labute approximate surface area is 103 Å². The van der Waals surface area contributed by atoms with Crippen LogP contribution in [0.4, 0.5) is 0 Å². The lowest BCUT2D eigenvalue weighted by atomic mass is 10.3. The summed E-state index contributed by atoms with van der Waals surface area (Å²) in [4.78, 5) is 4.16. The molecule has 3 nitrogen and oxygen atoms in total. The first-order valence-electron chi connectivity index (χ1n) is 4.49. The van der Waals surface area contributed by atoms with Gasteiger partial charge in [-0.15, -0.1) is 11.3 Å². The van der Waals surface area contributed by atoms with Crippen LogP contribution in [-0.2, 0) is 6.54 Å². The number of nitrogens with one attached hydrogen (secondary N) is 1. The standard InChI is InChI=1S/C9H13Cl2N3S/c1-5(2)14-9(12)13-4-6-3-7(10)15-8(6)11/h3,5H,4H2,1-2H3,(H3,12,13,14). The topological polar surface area (TPSA) is 50.4 Å². The molecule has 1 rings (SSSR count). The van der Waals surface area contributed by atoms with E-state index in [1.807, 2.05) is 13.8 Å². The van der Waals surface area contributed by atoms with Crippen molar-refractivity contribution in [2.24, 2.45) is 10.7 Å². The van der Waals surface area contributed by atoms with Gasteiger partial charge in [-0.05, 0) is 19.9 Å². The van der Waals surface area contributed by atoms with Crippen LogP contribution >= 0.6 is 34.5 Å². The maximum atomic E-state index is 5.94. The predicted octanol–water partition coefficient (Wildman–Crippen LogP) is 2.87. The Balaban J connectivity index is 2.59. The molecule has 0 amide bonds. The Hall–Kier alpha value is -0.450. The highest BCUT2D eigenvalue weighted by atomic mass is 35.5. The van der Waals surface area contributed by atoms with E-state index in [1.54, 1.807) is 6.07 Å². The van der Waals surface area contributed by atoms with Crippen molar-refractivity contribution in [2.75, 3.05) is 0 Å². The molecule has 0 aromatic carbocycles. The van der Waals surface area contributed by atoms with Crippen molar-refractivity contribution in [3.8, 4) is 0 Å². The fraction of sp³-hybridized carbons (Fsp3) is 0.444. The molecule has 84 valence electrons. The summed E-state index contributed by atoms with van der Waals surface area (Å²) in [6, 6.07) is 2.08. The van der Waals surface area contributed by atoms with Crippen LogP contribution in [0.1, 0.15) is 19.4 Å². The number of hydrogen-bond acceptors (Lipinski definition) is 2. The molecule has 0 aliphatic carbocycles. The molecule has 0 fully saturated rings. The van der Waals surface area contributed by atoms with Crippen molar-refractivity contribution in [1.29, 1.82) is 0 Å². The maximum Gasteiger partial charge on any atom is 0.189 e. The van der Waals surface area contributed by atoms with Gasteiger partial charge in [0.1, 0.15) is 0 Å². The number of nitrogens with zero attached hydrogens (tertiary/aromatic N) is 1. The number of aliphatic imine (C=N–C) groups is 1. The maximum absolute atomic E-state index is 5.94. The minimum absolute atomic E-state index is 0.273. The van der Waals surface area contributed by atoms with E-state index in [0.717, 1.165) is 5.56 Å². The van der Waals surface area contributed by atoms with Crippen molar-refractivity contribution in [3.05, 3.63) is 20.3 Å². The van der Waals surface area contributed by atoms with Gasteiger partial charge in [0, 0.05) is 11.6 Å². The summed E-state index contributed by atoms with van der Waals surface area (Å²) in [5.41, 5.74) is 6.55. The summed E-state index contributed by atoms with van der Waals surface area (Å²) in [6.07, 6.45) is 0. The summed E-state index contributed by atoms with van der Waals surface area (Å²) in [5.74, 6) is 0.420. The summed E-state index contributed by atoms with van der Waals surface area (Å²) in [7, 11) is 0. The van der Waals surface area contributed by atoms with E-state index < -0.39 is 0 Å². The van der Waals surface area contributed by atoms with Crippen molar-refractivity contribution in [1.82, 2.24) is 5.32 Å². The predicted molar refractivity (Wildman–Crippen MR) is 67.9 cm³/mol. The minimum atomic E-state index is 0.273. The smallest absolute Gasteiger partial charge is 0.189 e. The number of thiophene rings is 1. The normalized spacial score (nSPS) is 12.2. The molecule has 0 saturated carbocycles. The van der Waals surface area contributed by atoms with E-state index in [-0.39, 0.29) is 6.04 Å². The average molecular weight is 266 g/mol. The zero-order valence-electron chi connectivity index (χ0n) is 8.55. The molecule has 1 aromatic heterocycles. The quantitative estimate of drug-likeness (QED) is 0.653. The van der Waals surface area contributed by atoms with E-state index in [4.69, 9.17) is 28.9 Å². The van der Waals surface area contributed by atoms with Crippen molar-refractivity contribution in [2.45, 2.75) is 26.4 Å². The van der Waals surface area contributed by atoms with Crippen molar-refractivity contribution < 1.29 is 0 Å². The van der Waals surface area contributed by atoms with Crippen LogP contribution < -0.4 is 11.1 Å². The van der Waals surface area contributed by atoms with Crippen molar-refractivity contribution >= 4 is 40.5 Å². The van der Waals surface area contributed by atoms with Gasteiger partial charge in [0.25, 0.3) is 0 Å². The molecule has 0 spiro atoms. The van der Waals surface area contributed by atoms with Crippen LogP contribution in [0.15, 0.2) is 11.1 Å². The summed E-state index contributed by atoms with van der Waals surface area (Å²) >= 11 is 13.1. The van der Waals surface area contributed by atoms with E-state index in [9.17, 15) is 0 Å². The number of halogens is 2. The second-order valence-corrected chi connectivity index (χ2v) is 5.64. The van der Waals surface area contributed by atoms with Gasteiger partial charge in [-0.2, -0.15) is 0 Å². The van der Waals surface area contributed by atoms with Crippen LogP contribution in [0.3, 0.4) is 0 Å². The monoisotopic (exact) mass is 265 g/mol. The number of rotatable bonds is 3. The second kappa shape index (κ2) is 5.58. The highest BCUT2D eigenvalue weighted by molar-refractivity contribution is 7.20. The Morgan fingerprint density at radius 3 is 2.73 bits per heavy atom. The molecule has 3 N–H and O–H groups in total. The molecule has 0 aliphatic heterocycles. The van der Waals surface area contributed by atoms with Gasteiger partial charge in [0.15, 0.2) is 5.96 Å². The first-order valence-corrected chi connectivity index (χ1v) is 6.06. The zero-order valence-corrected chi connectivity index (χ0v) is 10.9. The van der Waals surface area contributed by atoms with Crippen LogP contribution in [0.25, 0.3) is 0 Å². The molecule has 0 bridgehead atoms. The third-order valence-electron chi connectivity index (χ3n) is 1.58. The Bertz CT molecular complexity index is 360.